The van der Waals surface area contributed by atoms with Crippen LogP contribution in [0.4, 0.5) is 4.39 Å². The average molecular weight is 392 g/mol. The molecule has 2 aromatic carbocycles. The largest absolute Gasteiger partial charge is 0.463 e. The van der Waals surface area contributed by atoms with Crippen molar-refractivity contribution in [2.45, 2.75) is 18.2 Å². The van der Waals surface area contributed by atoms with E-state index < -0.39 is 21.6 Å². The second-order valence-corrected chi connectivity index (χ2v) is 7.87. The SMILES string of the molecule is CCOC(=O)C(CCO)=C(c1ccc(S(C)(=O)=O)cc1)c1cccc(F)c1. The number of rotatable bonds is 7. The van der Waals surface area contributed by atoms with Crippen LogP contribution in [0.2, 0.25) is 0 Å². The number of aliphatic hydroxyl groups excluding tert-OH is 1. The predicted molar refractivity (Wildman–Crippen MR) is 100 cm³/mol. The van der Waals surface area contributed by atoms with Gasteiger partial charge in [-0.3, -0.25) is 0 Å². The van der Waals surface area contributed by atoms with Crippen LogP contribution in [0.1, 0.15) is 24.5 Å². The zero-order chi connectivity index (χ0) is 20.0. The maximum atomic E-state index is 13.8. The van der Waals surface area contributed by atoms with Crippen molar-refractivity contribution in [1.82, 2.24) is 0 Å². The molecule has 1 N–H and O–H groups in total. The van der Waals surface area contributed by atoms with Crippen molar-refractivity contribution >= 4 is 21.4 Å². The number of hydrogen-bond donors (Lipinski definition) is 1. The smallest absolute Gasteiger partial charge is 0.334 e. The standard InChI is InChI=1S/C20H21FO5S/c1-3-26-20(23)18(11-12-22)19(15-5-4-6-16(21)13-15)14-7-9-17(10-8-14)27(2,24)25/h4-10,13,22H,3,11-12H2,1-2H3. The molecule has 0 saturated heterocycles. The summed E-state index contributed by atoms with van der Waals surface area (Å²) in [4.78, 5) is 12.6. The molecule has 2 aromatic rings. The number of sulfone groups is 1. The Morgan fingerprint density at radius 2 is 1.78 bits per heavy atom. The Hall–Kier alpha value is -2.51. The maximum Gasteiger partial charge on any atom is 0.334 e. The zero-order valence-corrected chi connectivity index (χ0v) is 15.9. The van der Waals surface area contributed by atoms with E-state index in [1.807, 2.05) is 0 Å². The number of hydrogen-bond acceptors (Lipinski definition) is 5. The third-order valence-corrected chi connectivity index (χ3v) is 5.00. The van der Waals surface area contributed by atoms with Gasteiger partial charge in [0.15, 0.2) is 9.84 Å². The minimum absolute atomic E-state index is 0.0124. The molecule has 0 aliphatic heterocycles. The van der Waals surface area contributed by atoms with E-state index in [4.69, 9.17) is 4.74 Å². The normalized spacial score (nSPS) is 12.4. The quantitative estimate of drug-likeness (QED) is 0.579. The van der Waals surface area contributed by atoms with Gasteiger partial charge in [0.25, 0.3) is 0 Å². The first kappa shape index (κ1) is 20.8. The molecule has 2 rings (SSSR count). The topological polar surface area (TPSA) is 80.7 Å². The summed E-state index contributed by atoms with van der Waals surface area (Å²) in [5.41, 5.74) is 1.53. The van der Waals surface area contributed by atoms with E-state index in [1.165, 1.54) is 30.3 Å². The Morgan fingerprint density at radius 3 is 2.30 bits per heavy atom. The van der Waals surface area contributed by atoms with Crippen molar-refractivity contribution in [2.24, 2.45) is 0 Å². The molecule has 0 spiro atoms. The number of carbonyl (C=O) groups is 1. The van der Waals surface area contributed by atoms with Gasteiger partial charge < -0.3 is 9.84 Å². The molecule has 7 heteroatoms. The number of carbonyl (C=O) groups excluding carboxylic acids is 1. The fourth-order valence-corrected chi connectivity index (χ4v) is 3.32. The van der Waals surface area contributed by atoms with E-state index in [1.54, 1.807) is 25.1 Å². The van der Waals surface area contributed by atoms with E-state index in [2.05, 4.69) is 0 Å². The van der Waals surface area contributed by atoms with Crippen LogP contribution >= 0.6 is 0 Å². The molecular weight excluding hydrogens is 371 g/mol. The number of esters is 1. The number of benzene rings is 2. The molecule has 0 aromatic heterocycles. The van der Waals surface area contributed by atoms with Gasteiger partial charge in [-0.15, -0.1) is 0 Å². The lowest BCUT2D eigenvalue weighted by atomic mass is 9.91. The lowest BCUT2D eigenvalue weighted by Gasteiger charge is -2.16. The lowest BCUT2D eigenvalue weighted by molar-refractivity contribution is -0.138. The summed E-state index contributed by atoms with van der Waals surface area (Å²) < 4.78 is 42.3. The summed E-state index contributed by atoms with van der Waals surface area (Å²) in [5, 5.41) is 9.41. The van der Waals surface area contributed by atoms with Crippen molar-refractivity contribution in [3.8, 4) is 0 Å². The van der Waals surface area contributed by atoms with Gasteiger partial charge in [0, 0.05) is 24.9 Å². The van der Waals surface area contributed by atoms with Crippen LogP contribution in [-0.4, -0.2) is 39.0 Å². The van der Waals surface area contributed by atoms with Gasteiger partial charge in [0.05, 0.1) is 11.5 Å². The van der Waals surface area contributed by atoms with Crippen LogP contribution < -0.4 is 0 Å². The van der Waals surface area contributed by atoms with E-state index >= 15 is 0 Å². The Morgan fingerprint density at radius 1 is 1.11 bits per heavy atom. The van der Waals surface area contributed by atoms with Gasteiger partial charge >= 0.3 is 5.97 Å². The van der Waals surface area contributed by atoms with Crippen molar-refractivity contribution in [1.29, 1.82) is 0 Å². The number of aliphatic hydroxyl groups is 1. The molecular formula is C20H21FO5S. The molecule has 5 nitrogen and oxygen atoms in total. The summed E-state index contributed by atoms with van der Waals surface area (Å²) in [6, 6.07) is 11.6. The van der Waals surface area contributed by atoms with Gasteiger partial charge in [-0.25, -0.2) is 17.6 Å². The lowest BCUT2D eigenvalue weighted by Crippen LogP contribution is -2.12. The van der Waals surface area contributed by atoms with E-state index in [0.717, 1.165) is 6.26 Å². The summed E-state index contributed by atoms with van der Waals surface area (Å²) in [6.07, 6.45) is 1.11. The molecule has 0 radical (unpaired) electrons. The number of halogens is 1. The van der Waals surface area contributed by atoms with E-state index in [9.17, 15) is 22.7 Å². The second-order valence-electron chi connectivity index (χ2n) is 5.85. The zero-order valence-electron chi connectivity index (χ0n) is 15.1. The highest BCUT2D eigenvalue weighted by molar-refractivity contribution is 7.90. The molecule has 0 aliphatic carbocycles. The molecule has 0 saturated carbocycles. The van der Waals surface area contributed by atoms with Crippen LogP contribution in [-0.2, 0) is 19.4 Å². The van der Waals surface area contributed by atoms with E-state index in [0.29, 0.717) is 16.7 Å². The first-order valence-electron chi connectivity index (χ1n) is 8.35. The van der Waals surface area contributed by atoms with Gasteiger partial charge in [0.2, 0.25) is 0 Å². The average Bonchev–Trinajstić information content (AvgIpc) is 2.61. The molecule has 0 atom stereocenters. The van der Waals surface area contributed by atoms with Crippen molar-refractivity contribution in [3.05, 3.63) is 71.0 Å². The monoisotopic (exact) mass is 392 g/mol. The Balaban J connectivity index is 2.72. The molecule has 144 valence electrons. The number of ether oxygens (including phenoxy) is 1. The second kappa shape index (κ2) is 8.92. The third-order valence-electron chi connectivity index (χ3n) is 3.87. The summed E-state index contributed by atoms with van der Waals surface area (Å²) in [7, 11) is -3.38. The van der Waals surface area contributed by atoms with E-state index in [-0.39, 0.29) is 30.1 Å². The Kier molecular flexibility index (Phi) is 6.87. The molecule has 27 heavy (non-hydrogen) atoms. The Bertz CT molecular complexity index is 947. The minimum atomic E-state index is -3.38. The van der Waals surface area contributed by atoms with Gasteiger partial charge in [-0.05, 0) is 47.9 Å². The fourth-order valence-electron chi connectivity index (χ4n) is 2.69. The molecule has 0 heterocycles. The van der Waals surface area contributed by atoms with Crippen LogP contribution in [0.3, 0.4) is 0 Å². The molecule has 0 fully saturated rings. The first-order chi connectivity index (χ1) is 12.8. The first-order valence-corrected chi connectivity index (χ1v) is 10.2. The molecule has 0 bridgehead atoms. The third kappa shape index (κ3) is 5.24. The summed E-state index contributed by atoms with van der Waals surface area (Å²) in [5.74, 6) is -1.09. The minimum Gasteiger partial charge on any atom is -0.463 e. The van der Waals surface area contributed by atoms with Crippen LogP contribution in [0.25, 0.3) is 5.57 Å². The molecule has 0 aliphatic rings. The highest BCUT2D eigenvalue weighted by Crippen LogP contribution is 2.30. The fraction of sp³-hybridized carbons (Fsp3) is 0.250. The highest BCUT2D eigenvalue weighted by Gasteiger charge is 2.20. The molecule has 0 unspecified atom stereocenters. The highest BCUT2D eigenvalue weighted by atomic mass is 32.2. The van der Waals surface area contributed by atoms with Crippen LogP contribution in [0.5, 0.6) is 0 Å². The van der Waals surface area contributed by atoms with Gasteiger partial charge in [0.1, 0.15) is 5.82 Å². The van der Waals surface area contributed by atoms with Crippen molar-refractivity contribution in [2.75, 3.05) is 19.5 Å². The van der Waals surface area contributed by atoms with Gasteiger partial charge in [-0.2, -0.15) is 0 Å². The van der Waals surface area contributed by atoms with Crippen molar-refractivity contribution < 1.29 is 27.4 Å². The predicted octanol–water partition coefficient (Wildman–Crippen LogP) is 2.98. The molecule has 0 amide bonds. The summed E-state index contributed by atoms with van der Waals surface area (Å²) >= 11 is 0. The summed E-state index contributed by atoms with van der Waals surface area (Å²) in [6.45, 7) is 1.52. The van der Waals surface area contributed by atoms with Gasteiger partial charge in [-0.1, -0.05) is 24.3 Å². The van der Waals surface area contributed by atoms with Crippen molar-refractivity contribution in [3.63, 3.8) is 0 Å². The Labute approximate surface area is 158 Å². The van der Waals surface area contributed by atoms with Crippen LogP contribution in [0, 0.1) is 5.82 Å². The van der Waals surface area contributed by atoms with Crippen LogP contribution in [0.15, 0.2) is 59.0 Å². The maximum absolute atomic E-state index is 13.8.